The molecule has 1 heteroatoms. The van der Waals surface area contributed by atoms with Gasteiger partial charge >= 0.3 is 0 Å². The number of rotatable bonds is 6. The third kappa shape index (κ3) is 2.40. The van der Waals surface area contributed by atoms with Crippen molar-refractivity contribution in [2.24, 2.45) is 11.3 Å². The van der Waals surface area contributed by atoms with Gasteiger partial charge in [0.25, 0.3) is 0 Å². The number of aryl methyl sites for hydroxylation is 1. The second kappa shape index (κ2) is 4.45. The van der Waals surface area contributed by atoms with E-state index < -0.39 is 0 Å². The summed E-state index contributed by atoms with van der Waals surface area (Å²) in [6.07, 6.45) is 7.08. The van der Waals surface area contributed by atoms with Gasteiger partial charge in [-0.2, -0.15) is 0 Å². The Labute approximate surface area is 105 Å². The molecular weight excluding hydrogens is 206 g/mol. The van der Waals surface area contributed by atoms with Crippen molar-refractivity contribution in [3.63, 3.8) is 0 Å². The molecule has 0 bridgehead atoms. The normalized spacial score (nSPS) is 21.5. The van der Waals surface area contributed by atoms with Gasteiger partial charge in [-0.3, -0.25) is 0 Å². The predicted octanol–water partition coefficient (Wildman–Crippen LogP) is 3.53. The third-order valence-electron chi connectivity index (χ3n) is 4.63. The molecule has 1 N–H and O–H groups in total. The number of hydrogen-bond donors (Lipinski definition) is 1. The molecule has 1 aromatic rings. The van der Waals surface area contributed by atoms with E-state index in [0.29, 0.717) is 0 Å². The largest absolute Gasteiger partial charge is 0.312 e. The van der Waals surface area contributed by atoms with Gasteiger partial charge in [0.05, 0.1) is 0 Å². The molecule has 0 amide bonds. The molecule has 1 aromatic carbocycles. The predicted molar refractivity (Wildman–Crippen MR) is 71.9 cm³/mol. The van der Waals surface area contributed by atoms with Crippen LogP contribution in [0.1, 0.15) is 43.7 Å². The Morgan fingerprint density at radius 1 is 1.18 bits per heavy atom. The molecule has 0 saturated heterocycles. The van der Waals surface area contributed by atoms with Crippen LogP contribution in [0.25, 0.3) is 0 Å². The van der Waals surface area contributed by atoms with E-state index in [-0.39, 0.29) is 0 Å². The lowest BCUT2D eigenvalue weighted by atomic mass is 10.00. The first-order valence-electron chi connectivity index (χ1n) is 7.11. The van der Waals surface area contributed by atoms with Crippen LogP contribution in [-0.4, -0.2) is 6.54 Å². The molecule has 0 unspecified atom stereocenters. The van der Waals surface area contributed by atoms with Crippen LogP contribution >= 0.6 is 0 Å². The van der Waals surface area contributed by atoms with Crippen molar-refractivity contribution < 1.29 is 0 Å². The first-order chi connectivity index (χ1) is 8.34. The minimum atomic E-state index is 0.723. The summed E-state index contributed by atoms with van der Waals surface area (Å²) in [5.74, 6) is 1.07. The number of hydrogen-bond acceptors (Lipinski definition) is 1. The van der Waals surface area contributed by atoms with Crippen molar-refractivity contribution in [1.29, 1.82) is 0 Å². The van der Waals surface area contributed by atoms with E-state index in [2.05, 4.69) is 36.5 Å². The van der Waals surface area contributed by atoms with Gasteiger partial charge in [0.2, 0.25) is 0 Å². The summed E-state index contributed by atoms with van der Waals surface area (Å²) in [6, 6.07) is 8.83. The van der Waals surface area contributed by atoms with Gasteiger partial charge < -0.3 is 5.32 Å². The average molecular weight is 229 g/mol. The molecule has 0 aliphatic heterocycles. The van der Waals surface area contributed by atoms with E-state index in [9.17, 15) is 0 Å². The van der Waals surface area contributed by atoms with Crippen molar-refractivity contribution >= 4 is 0 Å². The lowest BCUT2D eigenvalue weighted by Gasteiger charge is -2.16. The monoisotopic (exact) mass is 229 g/mol. The van der Waals surface area contributed by atoms with Crippen molar-refractivity contribution in [3.8, 4) is 0 Å². The molecule has 0 aromatic heterocycles. The Morgan fingerprint density at radius 2 is 1.88 bits per heavy atom. The van der Waals surface area contributed by atoms with Crippen LogP contribution in [0.3, 0.4) is 0 Å². The summed E-state index contributed by atoms with van der Waals surface area (Å²) in [5.41, 5.74) is 3.71. The summed E-state index contributed by atoms with van der Waals surface area (Å²) in [5, 5.41) is 3.70. The Balaban J connectivity index is 1.53. The van der Waals surface area contributed by atoms with Gasteiger partial charge in [-0.15, -0.1) is 0 Å². The minimum absolute atomic E-state index is 0.723. The topological polar surface area (TPSA) is 12.0 Å². The molecule has 17 heavy (non-hydrogen) atoms. The van der Waals surface area contributed by atoms with Gasteiger partial charge in [0.15, 0.2) is 0 Å². The maximum atomic E-state index is 3.70. The standard InChI is InChI=1S/C16H23N/c1-2-13-5-3-4-6-14(13)11-17-12-16(9-10-16)15-7-8-15/h3-6,15,17H,2,7-12H2,1H3. The van der Waals surface area contributed by atoms with E-state index in [1.165, 1.54) is 43.4 Å². The molecule has 0 atom stereocenters. The summed E-state index contributed by atoms with van der Waals surface area (Å²) in [7, 11) is 0. The third-order valence-corrected chi connectivity index (χ3v) is 4.63. The smallest absolute Gasteiger partial charge is 0.0208 e. The van der Waals surface area contributed by atoms with Gasteiger partial charge in [-0.05, 0) is 54.6 Å². The molecule has 92 valence electrons. The summed E-state index contributed by atoms with van der Waals surface area (Å²) in [6.45, 7) is 4.54. The Kier molecular flexibility index (Phi) is 2.96. The Morgan fingerprint density at radius 3 is 2.47 bits per heavy atom. The molecule has 2 fully saturated rings. The highest BCUT2D eigenvalue weighted by molar-refractivity contribution is 5.26. The maximum absolute atomic E-state index is 3.70. The SMILES string of the molecule is CCc1ccccc1CNCC1(C2CC2)CC1. The van der Waals surface area contributed by atoms with Crippen LogP contribution in [-0.2, 0) is 13.0 Å². The first-order valence-corrected chi connectivity index (χ1v) is 7.11. The number of nitrogens with one attached hydrogen (secondary N) is 1. The van der Waals surface area contributed by atoms with Crippen molar-refractivity contribution in [2.45, 2.75) is 45.6 Å². The lowest BCUT2D eigenvalue weighted by Crippen LogP contribution is -2.25. The van der Waals surface area contributed by atoms with E-state index in [1.807, 2.05) is 0 Å². The molecule has 2 aliphatic carbocycles. The zero-order chi connectivity index (χ0) is 11.7. The number of benzene rings is 1. The molecule has 1 nitrogen and oxygen atoms in total. The Bertz CT molecular complexity index is 388. The fourth-order valence-corrected chi connectivity index (χ4v) is 3.11. The molecular formula is C16H23N. The average Bonchev–Trinajstić information content (AvgIpc) is 3.22. The zero-order valence-electron chi connectivity index (χ0n) is 10.8. The van der Waals surface area contributed by atoms with Crippen LogP contribution in [0.15, 0.2) is 24.3 Å². The van der Waals surface area contributed by atoms with Gasteiger partial charge in [-0.25, -0.2) is 0 Å². The molecule has 3 rings (SSSR count). The second-order valence-electron chi connectivity index (χ2n) is 5.86. The first kappa shape index (κ1) is 11.3. The molecule has 2 aliphatic rings. The van der Waals surface area contributed by atoms with Crippen LogP contribution in [0, 0.1) is 11.3 Å². The van der Waals surface area contributed by atoms with Gasteiger partial charge in [0, 0.05) is 13.1 Å². The van der Waals surface area contributed by atoms with E-state index in [1.54, 1.807) is 0 Å². The van der Waals surface area contributed by atoms with Gasteiger partial charge in [0.1, 0.15) is 0 Å². The maximum Gasteiger partial charge on any atom is 0.0208 e. The summed E-state index contributed by atoms with van der Waals surface area (Å²) in [4.78, 5) is 0. The minimum Gasteiger partial charge on any atom is -0.312 e. The molecule has 2 saturated carbocycles. The molecule has 0 radical (unpaired) electrons. The fourth-order valence-electron chi connectivity index (χ4n) is 3.11. The summed E-state index contributed by atoms with van der Waals surface area (Å²) < 4.78 is 0. The van der Waals surface area contributed by atoms with E-state index in [0.717, 1.165) is 24.3 Å². The fraction of sp³-hybridized carbons (Fsp3) is 0.625. The Hall–Kier alpha value is -0.820. The van der Waals surface area contributed by atoms with Crippen molar-refractivity contribution in [2.75, 3.05) is 6.54 Å². The van der Waals surface area contributed by atoms with Gasteiger partial charge in [-0.1, -0.05) is 31.2 Å². The quantitative estimate of drug-likeness (QED) is 0.787. The summed E-state index contributed by atoms with van der Waals surface area (Å²) >= 11 is 0. The lowest BCUT2D eigenvalue weighted by molar-refractivity contribution is 0.403. The van der Waals surface area contributed by atoms with E-state index >= 15 is 0 Å². The molecule has 0 spiro atoms. The zero-order valence-corrected chi connectivity index (χ0v) is 10.8. The van der Waals surface area contributed by atoms with Crippen LogP contribution in [0.2, 0.25) is 0 Å². The van der Waals surface area contributed by atoms with Crippen LogP contribution < -0.4 is 5.32 Å². The van der Waals surface area contributed by atoms with Crippen molar-refractivity contribution in [3.05, 3.63) is 35.4 Å². The molecule has 0 heterocycles. The highest BCUT2D eigenvalue weighted by atomic mass is 14.9. The van der Waals surface area contributed by atoms with Crippen LogP contribution in [0.4, 0.5) is 0 Å². The van der Waals surface area contributed by atoms with Crippen LogP contribution in [0.5, 0.6) is 0 Å². The highest BCUT2D eigenvalue weighted by Crippen LogP contribution is 2.60. The second-order valence-corrected chi connectivity index (χ2v) is 5.86. The van der Waals surface area contributed by atoms with Crippen molar-refractivity contribution in [1.82, 2.24) is 5.32 Å². The van der Waals surface area contributed by atoms with E-state index in [4.69, 9.17) is 0 Å². The highest BCUT2D eigenvalue weighted by Gasteiger charge is 2.53.